The molecule has 0 saturated carbocycles. The topological polar surface area (TPSA) is 58.2 Å². The van der Waals surface area contributed by atoms with E-state index in [2.05, 4.69) is 10.6 Å². The molecule has 6 heteroatoms. The lowest BCUT2D eigenvalue weighted by molar-refractivity contribution is -0.119. The quantitative estimate of drug-likeness (QED) is 0.831. The van der Waals surface area contributed by atoms with Gasteiger partial charge in [0.05, 0.1) is 6.54 Å². The van der Waals surface area contributed by atoms with Crippen LogP contribution in [0.2, 0.25) is 0 Å². The van der Waals surface area contributed by atoms with Gasteiger partial charge in [-0.15, -0.1) is 22.9 Å². The molecular weight excluding hydrogens is 260 g/mol. The third-order valence-electron chi connectivity index (χ3n) is 2.24. The maximum atomic E-state index is 11.3. The van der Waals surface area contributed by atoms with Crippen LogP contribution in [0.4, 0.5) is 4.79 Å². The monoisotopic (exact) mass is 274 g/mol. The Labute approximate surface area is 109 Å². The first kappa shape index (κ1) is 14.0. The van der Waals surface area contributed by atoms with Crippen molar-refractivity contribution in [3.8, 4) is 0 Å². The van der Waals surface area contributed by atoms with E-state index >= 15 is 0 Å². The molecule has 1 aromatic heterocycles. The number of nitrogens with one attached hydrogen (secondary N) is 2. The van der Waals surface area contributed by atoms with Crippen molar-refractivity contribution in [2.24, 2.45) is 0 Å². The number of halogens is 1. The molecule has 1 unspecified atom stereocenters. The molecule has 0 spiro atoms. The molecule has 0 aliphatic carbocycles. The number of thiophene rings is 1. The largest absolute Gasteiger partial charge is 0.333 e. The molecule has 1 atom stereocenters. The van der Waals surface area contributed by atoms with Gasteiger partial charge < -0.3 is 5.32 Å². The van der Waals surface area contributed by atoms with Crippen LogP contribution in [0.25, 0.3) is 0 Å². The Kier molecular flexibility index (Phi) is 4.96. The molecular formula is C11H15ClN2O2S. The molecule has 0 aliphatic rings. The van der Waals surface area contributed by atoms with Crippen LogP contribution in [-0.2, 0) is 11.3 Å². The zero-order chi connectivity index (χ0) is 13.0. The van der Waals surface area contributed by atoms with Crippen molar-refractivity contribution in [2.45, 2.75) is 32.7 Å². The van der Waals surface area contributed by atoms with Crippen molar-refractivity contribution in [1.29, 1.82) is 0 Å². The van der Waals surface area contributed by atoms with Crippen molar-refractivity contribution >= 4 is 34.9 Å². The van der Waals surface area contributed by atoms with Gasteiger partial charge in [-0.1, -0.05) is 0 Å². The van der Waals surface area contributed by atoms with E-state index in [0.717, 1.165) is 4.88 Å². The van der Waals surface area contributed by atoms with E-state index < -0.39 is 17.3 Å². The average molecular weight is 275 g/mol. The minimum absolute atomic E-state index is 0.412. The van der Waals surface area contributed by atoms with Crippen molar-refractivity contribution in [3.63, 3.8) is 0 Å². The molecule has 1 rings (SSSR count). The van der Waals surface area contributed by atoms with Gasteiger partial charge in [0.1, 0.15) is 5.38 Å². The van der Waals surface area contributed by atoms with Gasteiger partial charge in [-0.05, 0) is 32.4 Å². The number of aryl methyl sites for hydroxylation is 2. The molecule has 94 valence electrons. The molecule has 3 amide bonds. The number of hydrogen-bond acceptors (Lipinski definition) is 3. The lowest BCUT2D eigenvalue weighted by atomic mass is 10.3. The summed E-state index contributed by atoms with van der Waals surface area (Å²) in [5.41, 5.74) is 1.21. The maximum Gasteiger partial charge on any atom is 0.321 e. The summed E-state index contributed by atoms with van der Waals surface area (Å²) >= 11 is 7.15. The normalized spacial score (nSPS) is 12.0. The minimum Gasteiger partial charge on any atom is -0.333 e. The fourth-order valence-corrected chi connectivity index (χ4v) is 2.21. The highest BCUT2D eigenvalue weighted by Crippen LogP contribution is 2.20. The molecule has 0 saturated heterocycles. The summed E-state index contributed by atoms with van der Waals surface area (Å²) in [5.74, 6) is -0.497. The number of urea groups is 1. The van der Waals surface area contributed by atoms with Gasteiger partial charge in [0, 0.05) is 9.75 Å². The Morgan fingerprint density at radius 2 is 2.12 bits per heavy atom. The SMILES string of the molecule is Cc1cc(CNC(=O)NC(=O)C(C)Cl)sc1C. The second-order valence-electron chi connectivity index (χ2n) is 3.74. The molecule has 1 aromatic rings. The summed E-state index contributed by atoms with van der Waals surface area (Å²) in [7, 11) is 0. The smallest absolute Gasteiger partial charge is 0.321 e. The summed E-state index contributed by atoms with van der Waals surface area (Å²) in [6.45, 7) is 5.97. The Bertz CT molecular complexity index is 410. The molecule has 0 aromatic carbocycles. The molecule has 2 N–H and O–H groups in total. The standard InChI is InChI=1S/C11H15ClN2O2S/c1-6-4-9(17-8(6)3)5-13-11(16)14-10(15)7(2)12/h4,7H,5H2,1-3H3,(H2,13,14,15,16). The van der Waals surface area contributed by atoms with Gasteiger partial charge in [0.15, 0.2) is 0 Å². The lowest BCUT2D eigenvalue weighted by Crippen LogP contribution is -2.41. The minimum atomic E-state index is -0.716. The van der Waals surface area contributed by atoms with E-state index in [4.69, 9.17) is 11.6 Å². The Morgan fingerprint density at radius 3 is 2.59 bits per heavy atom. The van der Waals surface area contributed by atoms with Gasteiger partial charge in [-0.2, -0.15) is 0 Å². The van der Waals surface area contributed by atoms with Crippen LogP contribution >= 0.6 is 22.9 Å². The van der Waals surface area contributed by atoms with E-state index in [1.807, 2.05) is 19.9 Å². The number of imide groups is 1. The van der Waals surface area contributed by atoms with Crippen LogP contribution in [0.3, 0.4) is 0 Å². The Hall–Kier alpha value is -1.07. The highest BCUT2D eigenvalue weighted by molar-refractivity contribution is 7.12. The van der Waals surface area contributed by atoms with Gasteiger partial charge in [-0.3, -0.25) is 10.1 Å². The van der Waals surface area contributed by atoms with Crippen molar-refractivity contribution in [1.82, 2.24) is 10.6 Å². The third kappa shape index (κ3) is 4.36. The first-order valence-corrected chi connectivity index (χ1v) is 6.44. The summed E-state index contributed by atoms with van der Waals surface area (Å²) in [6, 6.07) is 1.50. The first-order valence-electron chi connectivity index (χ1n) is 5.19. The van der Waals surface area contributed by atoms with E-state index in [1.165, 1.54) is 17.4 Å². The average Bonchev–Trinajstić information content (AvgIpc) is 2.55. The second kappa shape index (κ2) is 6.02. The van der Waals surface area contributed by atoms with Crippen LogP contribution in [-0.4, -0.2) is 17.3 Å². The first-order chi connectivity index (χ1) is 7.90. The Morgan fingerprint density at radius 1 is 1.47 bits per heavy atom. The number of carbonyl (C=O) groups excluding carboxylic acids is 2. The highest BCUT2D eigenvalue weighted by Gasteiger charge is 2.12. The van der Waals surface area contributed by atoms with Crippen LogP contribution in [0.5, 0.6) is 0 Å². The Balaban J connectivity index is 2.41. The predicted molar refractivity (Wildman–Crippen MR) is 69.5 cm³/mol. The van der Waals surface area contributed by atoms with E-state index in [9.17, 15) is 9.59 Å². The van der Waals surface area contributed by atoms with Crippen molar-refractivity contribution < 1.29 is 9.59 Å². The zero-order valence-electron chi connectivity index (χ0n) is 9.96. The summed E-state index contributed by atoms with van der Waals surface area (Å²) in [4.78, 5) is 24.7. The van der Waals surface area contributed by atoms with Gasteiger partial charge in [0.2, 0.25) is 5.91 Å². The number of amides is 3. The van der Waals surface area contributed by atoms with Gasteiger partial charge >= 0.3 is 6.03 Å². The molecule has 0 aliphatic heterocycles. The van der Waals surface area contributed by atoms with E-state index in [1.54, 1.807) is 11.3 Å². The fourth-order valence-electron chi connectivity index (χ4n) is 1.16. The molecule has 1 heterocycles. The lowest BCUT2D eigenvalue weighted by Gasteiger charge is -2.06. The number of carbonyl (C=O) groups is 2. The molecule has 17 heavy (non-hydrogen) atoms. The van der Waals surface area contributed by atoms with Crippen LogP contribution in [0.1, 0.15) is 22.2 Å². The molecule has 0 bridgehead atoms. The van der Waals surface area contributed by atoms with E-state index in [0.29, 0.717) is 6.54 Å². The second-order valence-corrected chi connectivity index (χ2v) is 5.74. The number of alkyl halides is 1. The summed E-state index contributed by atoms with van der Waals surface area (Å²) < 4.78 is 0. The highest BCUT2D eigenvalue weighted by atomic mass is 35.5. The van der Waals surface area contributed by atoms with Crippen LogP contribution in [0.15, 0.2) is 6.07 Å². The van der Waals surface area contributed by atoms with Crippen LogP contribution < -0.4 is 10.6 Å². The predicted octanol–water partition coefficient (Wildman–Crippen LogP) is 2.32. The van der Waals surface area contributed by atoms with Gasteiger partial charge in [0.25, 0.3) is 0 Å². The third-order valence-corrected chi connectivity index (χ3v) is 3.59. The van der Waals surface area contributed by atoms with Gasteiger partial charge in [-0.25, -0.2) is 4.79 Å². The number of hydrogen-bond donors (Lipinski definition) is 2. The maximum absolute atomic E-state index is 11.3. The molecule has 0 fully saturated rings. The van der Waals surface area contributed by atoms with Crippen LogP contribution in [0, 0.1) is 13.8 Å². The molecule has 4 nitrogen and oxygen atoms in total. The zero-order valence-corrected chi connectivity index (χ0v) is 11.5. The fraction of sp³-hybridized carbons (Fsp3) is 0.455. The van der Waals surface area contributed by atoms with E-state index in [-0.39, 0.29) is 0 Å². The van der Waals surface area contributed by atoms with Crippen molar-refractivity contribution in [2.75, 3.05) is 0 Å². The summed E-state index contributed by atoms with van der Waals surface area (Å²) in [5, 5.41) is 4.05. The molecule has 0 radical (unpaired) electrons. The number of rotatable bonds is 3. The summed E-state index contributed by atoms with van der Waals surface area (Å²) in [6.07, 6.45) is 0. The van der Waals surface area contributed by atoms with Crippen molar-refractivity contribution in [3.05, 3.63) is 21.4 Å².